The maximum Gasteiger partial charge on any atom is 0.272 e. The summed E-state index contributed by atoms with van der Waals surface area (Å²) in [4.78, 5) is 35.6. The molecule has 1 saturated heterocycles. The Bertz CT molecular complexity index is 1490. The molecule has 0 spiro atoms. The number of anilines is 1. The van der Waals surface area contributed by atoms with Crippen molar-refractivity contribution in [3.05, 3.63) is 72.1 Å². The number of carbonyl (C=O) groups excluding carboxylic acids is 1. The fourth-order valence-electron chi connectivity index (χ4n) is 5.13. The van der Waals surface area contributed by atoms with E-state index in [0.717, 1.165) is 29.7 Å². The van der Waals surface area contributed by atoms with E-state index in [0.29, 0.717) is 36.1 Å². The quantitative estimate of drug-likeness (QED) is 0.440. The number of carbonyl (C=O) groups is 1. The largest absolute Gasteiger partial charge is 0.349 e. The van der Waals surface area contributed by atoms with E-state index in [1.807, 2.05) is 21.6 Å². The molecule has 0 radical (unpaired) electrons. The molecule has 2 fully saturated rings. The third-order valence-electron chi connectivity index (χ3n) is 7.13. The van der Waals surface area contributed by atoms with Crippen molar-refractivity contribution in [1.82, 2.24) is 29.4 Å². The summed E-state index contributed by atoms with van der Waals surface area (Å²) in [7, 11) is 0. The van der Waals surface area contributed by atoms with Crippen molar-refractivity contribution in [3.63, 3.8) is 0 Å². The molecule has 0 aromatic carbocycles. The van der Waals surface area contributed by atoms with Gasteiger partial charge in [0.1, 0.15) is 23.7 Å². The molecule has 4 aromatic heterocycles. The summed E-state index contributed by atoms with van der Waals surface area (Å²) in [6, 6.07) is 11.1. The number of rotatable bonds is 4. The van der Waals surface area contributed by atoms with Crippen LogP contribution < -0.4 is 4.90 Å². The first kappa shape index (κ1) is 22.2. The van der Waals surface area contributed by atoms with Crippen LogP contribution in [0.15, 0.2) is 55.2 Å². The zero-order chi connectivity index (χ0) is 24.8. The highest BCUT2D eigenvalue weighted by atomic mass is 16.2. The maximum atomic E-state index is 13.2. The van der Waals surface area contributed by atoms with Gasteiger partial charge in [-0.15, -0.1) is 0 Å². The number of hydrogen-bond acceptors (Lipinski definition) is 7. The molecule has 1 saturated carbocycles. The number of amides is 1. The Morgan fingerprint density at radius 2 is 1.89 bits per heavy atom. The molecule has 180 valence electrons. The third kappa shape index (κ3) is 3.75. The molecule has 1 amide bonds. The van der Waals surface area contributed by atoms with Gasteiger partial charge in [-0.1, -0.05) is 6.07 Å². The first-order chi connectivity index (χ1) is 17.5. The first-order valence-corrected chi connectivity index (χ1v) is 12.3. The van der Waals surface area contributed by atoms with Crippen LogP contribution in [-0.2, 0) is 0 Å². The van der Waals surface area contributed by atoms with Gasteiger partial charge < -0.3 is 9.80 Å². The Balaban J connectivity index is 1.39. The highest BCUT2D eigenvalue weighted by molar-refractivity contribution is 5.94. The van der Waals surface area contributed by atoms with Crippen LogP contribution in [0.25, 0.3) is 16.9 Å². The van der Waals surface area contributed by atoms with Crippen LogP contribution in [0.4, 0.5) is 5.82 Å². The monoisotopic (exact) mass is 478 g/mol. The smallest absolute Gasteiger partial charge is 0.272 e. The van der Waals surface area contributed by atoms with Gasteiger partial charge in [0.2, 0.25) is 0 Å². The third-order valence-corrected chi connectivity index (χ3v) is 7.13. The molecule has 9 nitrogen and oxygen atoms in total. The van der Waals surface area contributed by atoms with Crippen molar-refractivity contribution in [2.75, 3.05) is 18.0 Å². The molecule has 0 unspecified atom stereocenters. The second kappa shape index (κ2) is 8.72. The van der Waals surface area contributed by atoms with E-state index in [1.165, 1.54) is 5.56 Å². The normalized spacial score (nSPS) is 19.9. The lowest BCUT2D eigenvalue weighted by Crippen LogP contribution is -2.58. The number of aromatic nitrogens is 5. The number of piperazine rings is 1. The molecule has 1 aliphatic heterocycles. The fraction of sp³-hybridized carbons (Fsp3) is 0.333. The van der Waals surface area contributed by atoms with E-state index >= 15 is 0 Å². The summed E-state index contributed by atoms with van der Waals surface area (Å²) in [6.07, 6.45) is 9.29. The summed E-state index contributed by atoms with van der Waals surface area (Å²) in [5.74, 6) is 1.98. The Hall–Kier alpha value is -4.32. The molecule has 6 rings (SSSR count). The maximum absolute atomic E-state index is 13.2. The molecule has 1 aliphatic carbocycles. The summed E-state index contributed by atoms with van der Waals surface area (Å²) < 4.78 is 1.98. The Morgan fingerprint density at radius 1 is 1.03 bits per heavy atom. The van der Waals surface area contributed by atoms with E-state index in [1.54, 1.807) is 36.9 Å². The van der Waals surface area contributed by atoms with E-state index in [-0.39, 0.29) is 18.0 Å². The van der Waals surface area contributed by atoms with Crippen LogP contribution in [0.1, 0.15) is 54.2 Å². The lowest BCUT2D eigenvalue weighted by Gasteiger charge is -2.44. The van der Waals surface area contributed by atoms with Gasteiger partial charge in [-0.3, -0.25) is 14.3 Å². The number of fused-ring (bicyclic) bond motifs is 1. The predicted molar refractivity (Wildman–Crippen MR) is 135 cm³/mol. The average Bonchev–Trinajstić information content (AvgIpc) is 3.69. The lowest BCUT2D eigenvalue weighted by molar-refractivity contribution is 0.0638. The fourth-order valence-corrected chi connectivity index (χ4v) is 5.13. The van der Waals surface area contributed by atoms with E-state index in [4.69, 9.17) is 4.98 Å². The minimum Gasteiger partial charge on any atom is -0.349 e. The second-order valence-corrected chi connectivity index (χ2v) is 9.66. The summed E-state index contributed by atoms with van der Waals surface area (Å²) in [5.41, 5.74) is 3.03. The molecule has 4 aromatic rings. The van der Waals surface area contributed by atoms with Crippen LogP contribution in [0, 0.1) is 11.3 Å². The predicted octanol–water partition coefficient (Wildman–Crippen LogP) is 3.70. The standard InChI is InChI=1S/C27H26N8O/c1-17-14-34(27(36)22-5-3-4-9-29-22)18(2)13-33(17)25-24-21(20-6-7-20)15-35(26(24)32-16-31-25)23-11-19(12-28)8-10-30-23/h3-5,8-11,15-18,20H,6-7,13-14H2,1-2H3/t17-,18+/m0/s1. The Kier molecular flexibility index (Phi) is 5.37. The van der Waals surface area contributed by atoms with Gasteiger partial charge in [-0.2, -0.15) is 5.26 Å². The Morgan fingerprint density at radius 3 is 2.64 bits per heavy atom. The highest BCUT2D eigenvalue weighted by Crippen LogP contribution is 2.46. The van der Waals surface area contributed by atoms with Gasteiger partial charge in [-0.05, 0) is 62.4 Å². The average molecular weight is 479 g/mol. The molecular weight excluding hydrogens is 452 g/mol. The molecule has 2 atom stereocenters. The van der Waals surface area contributed by atoms with Crippen molar-refractivity contribution >= 4 is 22.8 Å². The van der Waals surface area contributed by atoms with E-state index in [2.05, 4.69) is 46.0 Å². The minimum atomic E-state index is -0.0456. The number of pyridine rings is 2. The van der Waals surface area contributed by atoms with Gasteiger partial charge in [-0.25, -0.2) is 15.0 Å². The van der Waals surface area contributed by atoms with E-state index < -0.39 is 0 Å². The van der Waals surface area contributed by atoms with Gasteiger partial charge in [0.15, 0.2) is 5.65 Å². The zero-order valence-corrected chi connectivity index (χ0v) is 20.2. The molecule has 9 heteroatoms. The molecule has 0 bridgehead atoms. The molecular formula is C27H26N8O. The van der Waals surface area contributed by atoms with Crippen molar-refractivity contribution in [2.45, 2.75) is 44.7 Å². The highest BCUT2D eigenvalue weighted by Gasteiger charge is 2.36. The minimum absolute atomic E-state index is 0.0128. The van der Waals surface area contributed by atoms with Crippen LogP contribution in [-0.4, -0.2) is 60.5 Å². The lowest BCUT2D eigenvalue weighted by atomic mass is 10.1. The van der Waals surface area contributed by atoms with Crippen molar-refractivity contribution in [1.29, 1.82) is 5.26 Å². The van der Waals surface area contributed by atoms with Crippen molar-refractivity contribution in [2.24, 2.45) is 0 Å². The summed E-state index contributed by atoms with van der Waals surface area (Å²) >= 11 is 0. The molecule has 2 aliphatic rings. The van der Waals surface area contributed by atoms with E-state index in [9.17, 15) is 10.1 Å². The van der Waals surface area contributed by atoms with Crippen LogP contribution in [0.2, 0.25) is 0 Å². The Labute approximate surface area is 209 Å². The van der Waals surface area contributed by atoms with Crippen LogP contribution in [0.3, 0.4) is 0 Å². The molecule has 5 heterocycles. The first-order valence-electron chi connectivity index (χ1n) is 12.3. The molecule has 0 N–H and O–H groups in total. The van der Waals surface area contributed by atoms with Crippen molar-refractivity contribution < 1.29 is 4.79 Å². The summed E-state index contributed by atoms with van der Waals surface area (Å²) in [6.45, 7) is 5.43. The SMILES string of the molecule is C[C@@H]1CN(c2ncnc3c2c(C2CC2)cn3-c2cc(C#N)ccn2)[C@@H](C)CN1C(=O)c1ccccn1. The summed E-state index contributed by atoms with van der Waals surface area (Å²) in [5, 5.41) is 10.4. The second-order valence-electron chi connectivity index (χ2n) is 9.66. The number of hydrogen-bond donors (Lipinski definition) is 0. The molecule has 36 heavy (non-hydrogen) atoms. The topological polar surface area (TPSA) is 104 Å². The zero-order valence-electron chi connectivity index (χ0n) is 20.2. The van der Waals surface area contributed by atoms with Crippen LogP contribution in [0.5, 0.6) is 0 Å². The van der Waals surface area contributed by atoms with Gasteiger partial charge in [0.05, 0.1) is 17.0 Å². The van der Waals surface area contributed by atoms with Crippen molar-refractivity contribution in [3.8, 4) is 11.9 Å². The number of nitriles is 1. The van der Waals surface area contributed by atoms with Gasteiger partial charge >= 0.3 is 0 Å². The number of nitrogens with zero attached hydrogens (tertiary/aromatic N) is 8. The van der Waals surface area contributed by atoms with Gasteiger partial charge in [0.25, 0.3) is 5.91 Å². The van der Waals surface area contributed by atoms with Crippen LogP contribution >= 0.6 is 0 Å². The van der Waals surface area contributed by atoms with Gasteiger partial charge in [0, 0.05) is 43.8 Å².